The van der Waals surface area contributed by atoms with E-state index in [1.807, 2.05) is 13.8 Å². The van der Waals surface area contributed by atoms with E-state index < -0.39 is 11.8 Å². The minimum atomic E-state index is -1.15. The summed E-state index contributed by atoms with van der Waals surface area (Å²) >= 11 is 5.60. The molecule has 18 heavy (non-hydrogen) atoms. The first-order valence-electron chi connectivity index (χ1n) is 5.31. The third-order valence-electron chi connectivity index (χ3n) is 1.99. The largest absolute Gasteiger partial charge is 0.477 e. The van der Waals surface area contributed by atoms with Crippen LogP contribution in [0.2, 0.25) is 5.02 Å². The quantitative estimate of drug-likeness (QED) is 0.876. The molecule has 0 bridgehead atoms. The average molecular weight is 271 g/mol. The van der Waals surface area contributed by atoms with Gasteiger partial charge in [-0.15, -0.1) is 0 Å². The second-order valence-electron chi connectivity index (χ2n) is 3.07. The number of rotatable bonds is 2. The highest BCUT2D eigenvalue weighted by Gasteiger charge is 2.12. The van der Waals surface area contributed by atoms with E-state index in [4.69, 9.17) is 16.7 Å². The molecule has 1 aromatic heterocycles. The van der Waals surface area contributed by atoms with Crippen molar-refractivity contribution in [1.29, 1.82) is 0 Å². The van der Waals surface area contributed by atoms with E-state index in [9.17, 15) is 9.18 Å². The lowest BCUT2D eigenvalue weighted by atomic mass is 10.2. The molecule has 0 amide bonds. The normalized spacial score (nSPS) is 9.56. The van der Waals surface area contributed by atoms with Gasteiger partial charge in [0.05, 0.1) is 11.8 Å². The van der Waals surface area contributed by atoms with Gasteiger partial charge in [0.2, 0.25) is 0 Å². The predicted molar refractivity (Wildman–Crippen MR) is 67.3 cm³/mol. The van der Waals surface area contributed by atoms with E-state index in [1.165, 1.54) is 12.1 Å². The van der Waals surface area contributed by atoms with Crippen molar-refractivity contribution < 1.29 is 14.3 Å². The molecule has 0 aliphatic carbocycles. The number of imidazole rings is 1. The lowest BCUT2D eigenvalue weighted by Crippen LogP contribution is -1.95. The Kier molecular flexibility index (Phi) is 4.85. The number of H-pyrrole nitrogens is 1. The fourth-order valence-electron chi connectivity index (χ4n) is 1.25. The van der Waals surface area contributed by atoms with Crippen LogP contribution in [0.15, 0.2) is 24.4 Å². The molecule has 2 N–H and O–H groups in total. The summed E-state index contributed by atoms with van der Waals surface area (Å²) in [6, 6.07) is 4.07. The van der Waals surface area contributed by atoms with Gasteiger partial charge in [0, 0.05) is 5.02 Å². The van der Waals surface area contributed by atoms with Crippen molar-refractivity contribution >= 4 is 17.6 Å². The van der Waals surface area contributed by atoms with Crippen LogP contribution in [0.25, 0.3) is 11.4 Å². The Morgan fingerprint density at radius 1 is 1.44 bits per heavy atom. The first-order chi connectivity index (χ1) is 8.58. The summed E-state index contributed by atoms with van der Waals surface area (Å²) in [6.45, 7) is 4.00. The molecule has 0 saturated carbocycles. The van der Waals surface area contributed by atoms with Crippen molar-refractivity contribution in [1.82, 2.24) is 9.97 Å². The number of carbonyl (C=O) groups is 1. The molecule has 0 unspecified atom stereocenters. The Bertz CT molecular complexity index is 555. The minimum absolute atomic E-state index is 0.0932. The molecule has 0 atom stereocenters. The van der Waals surface area contributed by atoms with Crippen LogP contribution >= 0.6 is 11.6 Å². The maximum atomic E-state index is 13.5. The molecule has 0 radical (unpaired) electrons. The first kappa shape index (κ1) is 14.2. The second kappa shape index (κ2) is 6.16. The Morgan fingerprint density at radius 3 is 2.61 bits per heavy atom. The van der Waals surface area contributed by atoms with Gasteiger partial charge in [0.25, 0.3) is 0 Å². The SMILES string of the molecule is CC.O=C(O)c1cnc(-c2ccc(Cl)cc2F)[nH]1. The highest BCUT2D eigenvalue weighted by Crippen LogP contribution is 2.22. The van der Waals surface area contributed by atoms with Crippen molar-refractivity contribution in [3.63, 3.8) is 0 Å². The molecule has 0 fully saturated rings. The molecular weight excluding hydrogens is 259 g/mol. The molecule has 6 heteroatoms. The molecular formula is C12H12ClFN2O2. The van der Waals surface area contributed by atoms with Gasteiger partial charge in [-0.2, -0.15) is 0 Å². The van der Waals surface area contributed by atoms with Crippen molar-refractivity contribution in [2.75, 3.05) is 0 Å². The Labute approximate surface area is 108 Å². The zero-order valence-corrected chi connectivity index (χ0v) is 10.6. The summed E-state index contributed by atoms with van der Waals surface area (Å²) in [5.74, 6) is -1.54. The smallest absolute Gasteiger partial charge is 0.353 e. The Balaban J connectivity index is 0.000000771. The molecule has 0 aliphatic rings. The highest BCUT2D eigenvalue weighted by atomic mass is 35.5. The van der Waals surface area contributed by atoms with Gasteiger partial charge >= 0.3 is 5.97 Å². The topological polar surface area (TPSA) is 66.0 Å². The Morgan fingerprint density at radius 2 is 2.11 bits per heavy atom. The second-order valence-corrected chi connectivity index (χ2v) is 3.51. The third-order valence-corrected chi connectivity index (χ3v) is 2.23. The molecule has 96 valence electrons. The van der Waals surface area contributed by atoms with Crippen LogP contribution < -0.4 is 0 Å². The van der Waals surface area contributed by atoms with E-state index in [0.717, 1.165) is 12.3 Å². The number of nitrogens with one attached hydrogen (secondary N) is 1. The van der Waals surface area contributed by atoms with Crippen LogP contribution in [0.4, 0.5) is 4.39 Å². The molecule has 4 nitrogen and oxygen atoms in total. The van der Waals surface area contributed by atoms with Gasteiger partial charge in [-0.05, 0) is 18.2 Å². The van der Waals surface area contributed by atoms with Crippen LogP contribution in [0.3, 0.4) is 0 Å². The van der Waals surface area contributed by atoms with Gasteiger partial charge in [0.1, 0.15) is 17.3 Å². The molecule has 0 saturated heterocycles. The van der Waals surface area contributed by atoms with Gasteiger partial charge in [-0.25, -0.2) is 14.2 Å². The van der Waals surface area contributed by atoms with E-state index in [2.05, 4.69) is 9.97 Å². The number of aromatic nitrogens is 2. The summed E-state index contributed by atoms with van der Waals surface area (Å²) in [6.07, 6.45) is 1.13. The molecule has 0 aliphatic heterocycles. The highest BCUT2D eigenvalue weighted by molar-refractivity contribution is 6.30. The van der Waals surface area contributed by atoms with Crippen LogP contribution in [0.5, 0.6) is 0 Å². The summed E-state index contributed by atoms with van der Waals surface area (Å²) in [5.41, 5.74) is 0.0845. The van der Waals surface area contributed by atoms with Crippen LogP contribution in [0.1, 0.15) is 24.3 Å². The van der Waals surface area contributed by atoms with Gasteiger partial charge < -0.3 is 10.1 Å². The van der Waals surface area contributed by atoms with Gasteiger partial charge in [-0.1, -0.05) is 25.4 Å². The zero-order valence-electron chi connectivity index (χ0n) is 9.87. The number of hydrogen-bond donors (Lipinski definition) is 2. The number of hydrogen-bond acceptors (Lipinski definition) is 2. The lowest BCUT2D eigenvalue weighted by Gasteiger charge is -1.99. The maximum Gasteiger partial charge on any atom is 0.353 e. The fraction of sp³-hybridized carbons (Fsp3) is 0.167. The molecule has 2 aromatic rings. The zero-order chi connectivity index (χ0) is 13.7. The van der Waals surface area contributed by atoms with E-state index >= 15 is 0 Å². The predicted octanol–water partition coefficient (Wildman–Crippen LogP) is 3.59. The van der Waals surface area contributed by atoms with Crippen LogP contribution in [-0.4, -0.2) is 21.0 Å². The third kappa shape index (κ3) is 3.07. The number of benzene rings is 1. The van der Waals surface area contributed by atoms with E-state index in [-0.39, 0.29) is 22.1 Å². The number of nitrogens with zero attached hydrogens (tertiary/aromatic N) is 1. The van der Waals surface area contributed by atoms with E-state index in [1.54, 1.807) is 0 Å². The summed E-state index contributed by atoms with van der Waals surface area (Å²) < 4.78 is 13.5. The monoisotopic (exact) mass is 270 g/mol. The number of carboxylic acid groups (broad SMARTS) is 1. The van der Waals surface area contributed by atoms with Crippen molar-refractivity contribution in [3.8, 4) is 11.4 Å². The van der Waals surface area contributed by atoms with E-state index in [0.29, 0.717) is 0 Å². The summed E-state index contributed by atoms with van der Waals surface area (Å²) in [7, 11) is 0. The van der Waals surface area contributed by atoms with Crippen LogP contribution in [-0.2, 0) is 0 Å². The maximum absolute atomic E-state index is 13.5. The molecule has 1 heterocycles. The number of aromatic amines is 1. The molecule has 2 rings (SSSR count). The number of aromatic carboxylic acids is 1. The fourth-order valence-corrected chi connectivity index (χ4v) is 1.41. The number of halogens is 2. The Hall–Kier alpha value is -1.88. The van der Waals surface area contributed by atoms with Crippen molar-refractivity contribution in [3.05, 3.63) is 40.9 Å². The molecule has 0 spiro atoms. The molecule has 1 aromatic carbocycles. The van der Waals surface area contributed by atoms with Crippen molar-refractivity contribution in [2.45, 2.75) is 13.8 Å². The summed E-state index contributed by atoms with van der Waals surface area (Å²) in [5, 5.41) is 8.94. The summed E-state index contributed by atoms with van der Waals surface area (Å²) in [4.78, 5) is 16.9. The van der Waals surface area contributed by atoms with Crippen LogP contribution in [0, 0.1) is 5.82 Å². The van der Waals surface area contributed by atoms with Gasteiger partial charge in [-0.3, -0.25) is 0 Å². The first-order valence-corrected chi connectivity index (χ1v) is 5.69. The number of carboxylic acids is 1. The standard InChI is InChI=1S/C10H6ClFN2O2.C2H6/c11-5-1-2-6(7(12)3-5)9-13-4-8(14-9)10(15)16;1-2/h1-4H,(H,13,14)(H,15,16);1-2H3. The lowest BCUT2D eigenvalue weighted by molar-refractivity contribution is 0.0691. The minimum Gasteiger partial charge on any atom is -0.477 e. The van der Waals surface area contributed by atoms with Crippen molar-refractivity contribution in [2.24, 2.45) is 0 Å². The van der Waals surface area contributed by atoms with Gasteiger partial charge in [0.15, 0.2) is 0 Å². The average Bonchev–Trinajstić information content (AvgIpc) is 2.81.